The summed E-state index contributed by atoms with van der Waals surface area (Å²) in [5.41, 5.74) is 0.601. The predicted octanol–water partition coefficient (Wildman–Crippen LogP) is 5.40. The first kappa shape index (κ1) is 18.0. The molecule has 1 unspecified atom stereocenters. The van der Waals surface area contributed by atoms with Crippen molar-refractivity contribution < 1.29 is 9.53 Å². The second-order valence-electron chi connectivity index (χ2n) is 6.72. The molecule has 0 heterocycles. The van der Waals surface area contributed by atoms with Gasteiger partial charge in [0.15, 0.2) is 0 Å². The molecule has 3 nitrogen and oxygen atoms in total. The van der Waals surface area contributed by atoms with Crippen molar-refractivity contribution in [1.29, 1.82) is 0 Å². The molecule has 1 aromatic rings. The van der Waals surface area contributed by atoms with Gasteiger partial charge in [-0.2, -0.15) is 0 Å². The molecule has 0 saturated heterocycles. The van der Waals surface area contributed by atoms with Gasteiger partial charge < -0.3 is 9.64 Å². The number of halogens is 1. The minimum atomic E-state index is -0.486. The monoisotopic (exact) mass is 355 g/mol. The standard InChI is InChI=1S/C17H26BrNO2/c1-12(2)11-19(16(20)21-17(4,5)6)13(3)14-9-7-8-10-15(14)18/h7-10,12-13H,11H2,1-6H3. The summed E-state index contributed by atoms with van der Waals surface area (Å²) in [6, 6.07) is 7.94. The van der Waals surface area contributed by atoms with Crippen molar-refractivity contribution in [2.75, 3.05) is 6.54 Å². The molecule has 0 bridgehead atoms. The van der Waals surface area contributed by atoms with E-state index in [1.807, 2.05) is 52.0 Å². The highest BCUT2D eigenvalue weighted by atomic mass is 79.9. The zero-order valence-corrected chi connectivity index (χ0v) is 15.4. The van der Waals surface area contributed by atoms with Crippen LogP contribution in [0, 0.1) is 5.92 Å². The van der Waals surface area contributed by atoms with E-state index >= 15 is 0 Å². The smallest absolute Gasteiger partial charge is 0.410 e. The molecule has 1 rings (SSSR count). The number of benzene rings is 1. The molecule has 0 fully saturated rings. The Balaban J connectivity index is 3.02. The van der Waals surface area contributed by atoms with Crippen molar-refractivity contribution >= 4 is 22.0 Å². The molecule has 0 aliphatic carbocycles. The lowest BCUT2D eigenvalue weighted by Crippen LogP contribution is -2.40. The quantitative estimate of drug-likeness (QED) is 0.723. The molecule has 0 aliphatic heterocycles. The Morgan fingerprint density at radius 2 is 1.81 bits per heavy atom. The number of nitrogens with zero attached hydrogens (tertiary/aromatic N) is 1. The second-order valence-corrected chi connectivity index (χ2v) is 7.58. The molecular weight excluding hydrogens is 330 g/mol. The Morgan fingerprint density at radius 3 is 2.29 bits per heavy atom. The number of carbonyl (C=O) groups is 1. The minimum Gasteiger partial charge on any atom is -0.444 e. The van der Waals surface area contributed by atoms with Gasteiger partial charge in [0.1, 0.15) is 5.60 Å². The van der Waals surface area contributed by atoms with Crippen LogP contribution >= 0.6 is 15.9 Å². The number of hydrogen-bond donors (Lipinski definition) is 0. The van der Waals surface area contributed by atoms with Crippen molar-refractivity contribution in [1.82, 2.24) is 4.90 Å². The lowest BCUT2D eigenvalue weighted by Gasteiger charge is -2.33. The molecule has 1 aromatic carbocycles. The van der Waals surface area contributed by atoms with Gasteiger partial charge in [0.05, 0.1) is 6.04 Å². The topological polar surface area (TPSA) is 29.5 Å². The van der Waals surface area contributed by atoms with Crippen LogP contribution < -0.4 is 0 Å². The van der Waals surface area contributed by atoms with Crippen LogP contribution in [-0.2, 0) is 4.74 Å². The van der Waals surface area contributed by atoms with Crippen molar-refractivity contribution in [2.45, 2.75) is 53.2 Å². The molecule has 0 spiro atoms. The van der Waals surface area contributed by atoms with Gasteiger partial charge in [0.25, 0.3) is 0 Å². The molecule has 118 valence electrons. The van der Waals surface area contributed by atoms with Gasteiger partial charge in [-0.05, 0) is 45.2 Å². The average molecular weight is 356 g/mol. The molecule has 0 aliphatic rings. The summed E-state index contributed by atoms with van der Waals surface area (Å²) in [4.78, 5) is 14.3. The van der Waals surface area contributed by atoms with Crippen LogP contribution in [0.25, 0.3) is 0 Å². The summed E-state index contributed by atoms with van der Waals surface area (Å²) in [7, 11) is 0. The summed E-state index contributed by atoms with van der Waals surface area (Å²) in [6.07, 6.45) is -0.264. The van der Waals surface area contributed by atoms with Gasteiger partial charge in [0.2, 0.25) is 0 Å². The maximum Gasteiger partial charge on any atom is 0.410 e. The van der Waals surface area contributed by atoms with Gasteiger partial charge in [-0.1, -0.05) is 48.0 Å². The van der Waals surface area contributed by atoms with Crippen LogP contribution in [0.4, 0.5) is 4.79 Å². The molecule has 4 heteroatoms. The van der Waals surface area contributed by atoms with Crippen LogP contribution in [0.2, 0.25) is 0 Å². The maximum absolute atomic E-state index is 12.5. The van der Waals surface area contributed by atoms with Crippen molar-refractivity contribution in [3.8, 4) is 0 Å². The molecule has 0 aromatic heterocycles. The normalized spacial score (nSPS) is 13.1. The summed E-state index contributed by atoms with van der Waals surface area (Å²) < 4.78 is 6.56. The Hall–Kier alpha value is -1.03. The van der Waals surface area contributed by atoms with Gasteiger partial charge in [0, 0.05) is 11.0 Å². The van der Waals surface area contributed by atoms with E-state index in [4.69, 9.17) is 4.74 Å². The first-order valence-electron chi connectivity index (χ1n) is 7.36. The Labute approximate surface area is 136 Å². The fourth-order valence-electron chi connectivity index (χ4n) is 2.09. The van der Waals surface area contributed by atoms with E-state index in [2.05, 4.69) is 29.8 Å². The van der Waals surface area contributed by atoms with Gasteiger partial charge in [-0.3, -0.25) is 0 Å². The first-order valence-corrected chi connectivity index (χ1v) is 8.15. The van der Waals surface area contributed by atoms with Gasteiger partial charge in [-0.25, -0.2) is 4.79 Å². The number of rotatable bonds is 4. The van der Waals surface area contributed by atoms with E-state index in [0.717, 1.165) is 10.0 Å². The molecule has 21 heavy (non-hydrogen) atoms. The highest BCUT2D eigenvalue weighted by Gasteiger charge is 2.28. The molecule has 1 atom stereocenters. The van der Waals surface area contributed by atoms with Crippen molar-refractivity contribution in [2.24, 2.45) is 5.92 Å². The first-order chi connectivity index (χ1) is 9.61. The molecule has 1 amide bonds. The molecule has 0 N–H and O–H groups in total. The molecule has 0 radical (unpaired) electrons. The predicted molar refractivity (Wildman–Crippen MR) is 90.3 cm³/mol. The minimum absolute atomic E-state index is 0.0437. The summed E-state index contributed by atoms with van der Waals surface area (Å²) in [5.74, 6) is 0.377. The third-order valence-electron chi connectivity index (χ3n) is 3.01. The van der Waals surface area contributed by atoms with E-state index in [1.54, 1.807) is 4.90 Å². The lowest BCUT2D eigenvalue weighted by atomic mass is 10.1. The number of hydrogen-bond acceptors (Lipinski definition) is 2. The number of carbonyl (C=O) groups excluding carboxylic acids is 1. The number of ether oxygens (including phenoxy) is 1. The van der Waals surface area contributed by atoms with Crippen LogP contribution in [0.3, 0.4) is 0 Å². The highest BCUT2D eigenvalue weighted by Crippen LogP contribution is 2.29. The molecule has 0 saturated carbocycles. The zero-order valence-electron chi connectivity index (χ0n) is 13.8. The van der Waals surface area contributed by atoms with Crippen molar-refractivity contribution in [3.63, 3.8) is 0 Å². The zero-order chi connectivity index (χ0) is 16.2. The van der Waals surface area contributed by atoms with E-state index in [-0.39, 0.29) is 12.1 Å². The van der Waals surface area contributed by atoms with Crippen LogP contribution in [0.5, 0.6) is 0 Å². The third-order valence-corrected chi connectivity index (χ3v) is 3.73. The second kappa shape index (κ2) is 7.30. The van der Waals surface area contributed by atoms with Crippen molar-refractivity contribution in [3.05, 3.63) is 34.3 Å². The molecular formula is C17H26BrNO2. The van der Waals surface area contributed by atoms with Crippen LogP contribution in [0.15, 0.2) is 28.7 Å². The lowest BCUT2D eigenvalue weighted by molar-refractivity contribution is 0.0147. The Bertz CT molecular complexity index is 480. The SMILES string of the molecule is CC(C)CN(C(=O)OC(C)(C)C)C(C)c1ccccc1Br. The maximum atomic E-state index is 12.5. The Morgan fingerprint density at radius 1 is 1.24 bits per heavy atom. The average Bonchev–Trinajstić information content (AvgIpc) is 2.33. The van der Waals surface area contributed by atoms with Gasteiger partial charge >= 0.3 is 6.09 Å². The van der Waals surface area contributed by atoms with E-state index in [9.17, 15) is 4.79 Å². The van der Waals surface area contributed by atoms with E-state index < -0.39 is 5.60 Å². The Kier molecular flexibility index (Phi) is 6.26. The van der Waals surface area contributed by atoms with Crippen LogP contribution in [0.1, 0.15) is 53.1 Å². The van der Waals surface area contributed by atoms with E-state index in [0.29, 0.717) is 12.5 Å². The third kappa shape index (κ3) is 5.70. The summed E-state index contributed by atoms with van der Waals surface area (Å²) in [5, 5.41) is 0. The number of amides is 1. The van der Waals surface area contributed by atoms with Crippen LogP contribution in [-0.4, -0.2) is 23.1 Å². The largest absolute Gasteiger partial charge is 0.444 e. The van der Waals surface area contributed by atoms with E-state index in [1.165, 1.54) is 0 Å². The summed E-state index contributed by atoms with van der Waals surface area (Å²) >= 11 is 3.56. The summed E-state index contributed by atoms with van der Waals surface area (Å²) in [6.45, 7) is 12.6. The highest BCUT2D eigenvalue weighted by molar-refractivity contribution is 9.10. The fraction of sp³-hybridized carbons (Fsp3) is 0.588. The fourth-order valence-corrected chi connectivity index (χ4v) is 2.70. The van der Waals surface area contributed by atoms with Gasteiger partial charge in [-0.15, -0.1) is 0 Å².